The number of nitrogens with one attached hydrogen (secondary N) is 2. The van der Waals surface area contributed by atoms with Gasteiger partial charge in [0.15, 0.2) is 11.5 Å². The van der Waals surface area contributed by atoms with Gasteiger partial charge in [-0.25, -0.2) is 0 Å². The van der Waals surface area contributed by atoms with Crippen molar-refractivity contribution in [2.75, 3.05) is 49.1 Å². The monoisotopic (exact) mass is 1160 g/mol. The number of imide groups is 1. The SMILES string of the molecule is COc1cc2c(cc1OCc1cc(COc3cc4c(cc3C)C(=O)N3c5ccccc5C[C@H]3[C-]=[N+]4C)cc(NC(=O)[C@H](C)CC(=O)[C@H](C)NC(=O)CCCCC(=O)CCCN3C(=O)CC(SC)C3=O)c1)[N+](C)=[C-][C@@H]1Cc3ccccc3N1C2=O. The second-order valence-electron chi connectivity index (χ2n) is 22.2. The summed E-state index contributed by atoms with van der Waals surface area (Å²) in [5, 5.41) is 5.38. The molecule has 5 aromatic rings. The number of methoxy groups -OCH3 is 1. The number of hydrogen-bond donors (Lipinski definition) is 2. The van der Waals surface area contributed by atoms with Crippen molar-refractivity contribution in [1.29, 1.82) is 0 Å². The molecule has 0 saturated carbocycles. The molecule has 436 valence electrons. The Morgan fingerprint density at radius 2 is 1.26 bits per heavy atom. The largest absolute Gasteiger partial charge is 0.493 e. The minimum atomic E-state index is -0.869. The Hall–Kier alpha value is -8.45. The molecule has 0 aromatic heterocycles. The second-order valence-corrected chi connectivity index (χ2v) is 23.2. The number of ether oxygens (including phenoxy) is 3. The van der Waals surface area contributed by atoms with Crippen molar-refractivity contribution < 1.29 is 61.7 Å². The molecule has 0 bridgehead atoms. The number of nitrogens with zero attached hydrogens (tertiary/aromatic N) is 5. The van der Waals surface area contributed by atoms with Crippen molar-refractivity contribution in [1.82, 2.24) is 10.2 Å². The Kier molecular flexibility index (Phi) is 17.6. The van der Waals surface area contributed by atoms with Gasteiger partial charge in [-0.1, -0.05) is 49.4 Å². The summed E-state index contributed by atoms with van der Waals surface area (Å²) < 4.78 is 22.6. The van der Waals surface area contributed by atoms with E-state index in [4.69, 9.17) is 14.2 Å². The van der Waals surface area contributed by atoms with Gasteiger partial charge in [-0.2, -0.15) is 11.8 Å². The molecule has 0 aliphatic carbocycles. The first kappa shape index (κ1) is 58.7. The molecule has 2 N–H and O–H groups in total. The number of hydrogen-bond acceptors (Lipinski definition) is 12. The van der Waals surface area contributed by atoms with Gasteiger partial charge in [0.2, 0.25) is 35.4 Å². The van der Waals surface area contributed by atoms with Gasteiger partial charge in [0, 0.05) is 97.3 Å². The molecule has 5 aliphatic rings. The number of likely N-dealkylation sites (tertiary alicyclic amines) is 1. The number of rotatable bonds is 23. The second kappa shape index (κ2) is 25.2. The lowest BCUT2D eigenvalue weighted by Gasteiger charge is -2.23. The van der Waals surface area contributed by atoms with E-state index < -0.39 is 17.9 Å². The van der Waals surface area contributed by atoms with Gasteiger partial charge in [-0.3, -0.25) is 43.3 Å². The van der Waals surface area contributed by atoms with E-state index in [1.54, 1.807) is 49.3 Å². The first-order valence-electron chi connectivity index (χ1n) is 28.5. The molecule has 5 heterocycles. The van der Waals surface area contributed by atoms with Crippen LogP contribution in [0.4, 0.5) is 28.4 Å². The van der Waals surface area contributed by atoms with E-state index in [1.807, 2.05) is 102 Å². The van der Waals surface area contributed by atoms with E-state index in [0.717, 1.165) is 28.1 Å². The molecule has 84 heavy (non-hydrogen) atoms. The zero-order valence-corrected chi connectivity index (χ0v) is 49.2. The summed E-state index contributed by atoms with van der Waals surface area (Å²) in [6.07, 6.45) is 12.0. The summed E-state index contributed by atoms with van der Waals surface area (Å²) in [5.74, 6) is -1.36. The van der Waals surface area contributed by atoms with Gasteiger partial charge in [-0.15, -0.1) is 0 Å². The maximum Gasteiger partial charge on any atom is 0.246 e. The van der Waals surface area contributed by atoms with E-state index in [2.05, 4.69) is 23.1 Å². The minimum absolute atomic E-state index is 0.00199. The van der Waals surface area contributed by atoms with Crippen LogP contribution in [0.25, 0.3) is 0 Å². The third kappa shape index (κ3) is 12.4. The van der Waals surface area contributed by atoms with Crippen LogP contribution in [0.1, 0.15) is 114 Å². The minimum Gasteiger partial charge on any atom is -0.493 e. The van der Waals surface area contributed by atoms with Crippen LogP contribution >= 0.6 is 11.8 Å². The first-order valence-corrected chi connectivity index (χ1v) is 29.8. The van der Waals surface area contributed by atoms with E-state index in [-0.39, 0.29) is 110 Å². The van der Waals surface area contributed by atoms with Gasteiger partial charge in [0.1, 0.15) is 44.6 Å². The maximum atomic E-state index is 14.3. The number of Topliss-reactive ketones (excluding diaryl/α,β-unsaturated/α-hetero) is 2. The summed E-state index contributed by atoms with van der Waals surface area (Å²) in [7, 11) is 5.24. The topological polar surface area (TPSA) is 204 Å². The highest BCUT2D eigenvalue weighted by molar-refractivity contribution is 8.00. The lowest BCUT2D eigenvalue weighted by atomic mass is 9.99. The van der Waals surface area contributed by atoms with Crippen LogP contribution in [0, 0.1) is 12.8 Å². The Morgan fingerprint density at radius 1 is 0.702 bits per heavy atom. The van der Waals surface area contributed by atoms with Gasteiger partial charge < -0.3 is 43.8 Å². The number of carbonyl (C=O) groups excluding carboxylic acids is 8. The van der Waals surface area contributed by atoms with E-state index in [0.29, 0.717) is 88.7 Å². The molecule has 0 spiro atoms. The molecule has 1 unspecified atom stereocenters. The molecule has 1 saturated heterocycles. The third-order valence-electron chi connectivity index (χ3n) is 16.2. The van der Waals surface area contributed by atoms with Crippen molar-refractivity contribution in [3.63, 3.8) is 0 Å². The molecule has 5 aliphatic heterocycles. The summed E-state index contributed by atoms with van der Waals surface area (Å²) in [4.78, 5) is 111. The Labute approximate surface area is 493 Å². The number of unbranched alkanes of at least 4 members (excludes halogenated alkanes) is 1. The normalized spacial score (nSPS) is 18.2. The average molecular weight is 1160 g/mol. The standard InChI is InChI=1S/C65H69N7O11S/c1-38-23-49-53(68(4)34-46-28-43-15-8-11-19-51(43)71(46)63(49)78)31-56(38)82-36-41-25-42(37-83-58-32-54-50(30-57(58)81-6)64(79)72-47(35-69(54)5)29-44-16-9-12-20-52(44)72)27-45(26-41)67-62(77)39(2)24-55(74)40(3)66-60(75)21-13-10-17-48(73)18-14-22-70-61(76)33-59(84-7)65(70)80/h8-9,11-12,15-16,19-20,23,25-27,30-32,39-40,46-47,59H,10,13-14,17-18,21-22,24,28-29,33,36-37H2,1-7H3,(H,66,75)(H,67,77)/t39-,40+,46+,47+,59?/m1/s1. The van der Waals surface area contributed by atoms with Crippen molar-refractivity contribution in [3.8, 4) is 17.2 Å². The zero-order chi connectivity index (χ0) is 59.5. The number of carbonyl (C=O) groups is 8. The molecular formula is C65H69N7O11S. The number of fused-ring (bicyclic) bond motifs is 8. The molecule has 1 fully saturated rings. The Bertz CT molecular complexity index is 3580. The first-order chi connectivity index (χ1) is 40.4. The van der Waals surface area contributed by atoms with Crippen LogP contribution in [0.2, 0.25) is 0 Å². The highest BCUT2D eigenvalue weighted by Crippen LogP contribution is 2.42. The highest BCUT2D eigenvalue weighted by Gasteiger charge is 2.39. The fraction of sp³-hybridized carbons (Fsp3) is 0.385. The van der Waals surface area contributed by atoms with Crippen molar-refractivity contribution in [3.05, 3.63) is 130 Å². The van der Waals surface area contributed by atoms with Crippen molar-refractivity contribution in [2.45, 2.75) is 122 Å². The molecule has 10 rings (SSSR count). The molecule has 19 heteroatoms. The van der Waals surface area contributed by atoms with Crippen molar-refractivity contribution in [2.24, 2.45) is 5.92 Å². The lowest BCUT2D eigenvalue weighted by Crippen LogP contribution is -2.39. The average Bonchev–Trinajstić information content (AvgIpc) is 3.48. The smallest absolute Gasteiger partial charge is 0.246 e. The van der Waals surface area contributed by atoms with Crippen LogP contribution in [0.5, 0.6) is 17.2 Å². The number of para-hydroxylation sites is 2. The summed E-state index contributed by atoms with van der Waals surface area (Å²) in [5.41, 5.74) is 8.57. The van der Waals surface area contributed by atoms with Gasteiger partial charge in [-0.05, 0) is 129 Å². The number of aryl methyl sites for hydroxylation is 1. The zero-order valence-electron chi connectivity index (χ0n) is 48.4. The van der Waals surface area contributed by atoms with E-state index in [1.165, 1.54) is 23.8 Å². The quantitative estimate of drug-likeness (QED) is 0.0275. The van der Waals surface area contributed by atoms with Crippen LogP contribution in [0.15, 0.2) is 91.0 Å². The van der Waals surface area contributed by atoms with Crippen LogP contribution in [-0.2, 0) is 54.8 Å². The third-order valence-corrected chi connectivity index (χ3v) is 17.1. The van der Waals surface area contributed by atoms with Gasteiger partial charge in [0.25, 0.3) is 0 Å². The predicted molar refractivity (Wildman–Crippen MR) is 319 cm³/mol. The van der Waals surface area contributed by atoms with Crippen LogP contribution in [-0.4, -0.2) is 131 Å². The van der Waals surface area contributed by atoms with Gasteiger partial charge >= 0.3 is 0 Å². The molecule has 6 amide bonds. The Balaban J connectivity index is 0.802. The number of benzene rings is 5. The molecule has 5 aromatic carbocycles. The Morgan fingerprint density at radius 3 is 1.86 bits per heavy atom. The number of ketones is 2. The maximum absolute atomic E-state index is 14.3. The van der Waals surface area contributed by atoms with E-state index >= 15 is 0 Å². The molecule has 5 atom stereocenters. The number of thioether (sulfide) groups is 1. The highest BCUT2D eigenvalue weighted by atomic mass is 32.2. The van der Waals surface area contributed by atoms with Crippen molar-refractivity contribution >= 4 is 99.6 Å². The molecule has 18 nitrogen and oxygen atoms in total. The summed E-state index contributed by atoms with van der Waals surface area (Å²) >= 11 is 1.35. The predicted octanol–water partition coefficient (Wildman–Crippen LogP) is 8.21. The van der Waals surface area contributed by atoms with Crippen LogP contribution in [0.3, 0.4) is 0 Å². The number of amides is 6. The summed E-state index contributed by atoms with van der Waals surface area (Å²) in [6.45, 7) is 5.38. The fourth-order valence-corrected chi connectivity index (χ4v) is 12.3. The molecular weight excluding hydrogens is 1090 g/mol. The van der Waals surface area contributed by atoms with E-state index in [9.17, 15) is 38.4 Å². The number of anilines is 3. The fourth-order valence-electron chi connectivity index (χ4n) is 11.7. The van der Waals surface area contributed by atoms with Crippen LogP contribution < -0.4 is 34.6 Å². The summed E-state index contributed by atoms with van der Waals surface area (Å²) in [6, 6.07) is 26.9. The van der Waals surface area contributed by atoms with Gasteiger partial charge in [0.05, 0.1) is 29.8 Å². The molecule has 0 radical (unpaired) electrons. The lowest BCUT2D eigenvalue weighted by molar-refractivity contribution is -0.401.